The third-order valence-corrected chi connectivity index (χ3v) is 5.25. The summed E-state index contributed by atoms with van der Waals surface area (Å²) in [5.41, 5.74) is 0.563. The van der Waals surface area contributed by atoms with Crippen molar-refractivity contribution in [3.63, 3.8) is 0 Å². The molecular weight excluding hydrogens is 442 g/mol. The first-order valence-corrected chi connectivity index (χ1v) is 10.1. The van der Waals surface area contributed by atoms with Gasteiger partial charge >= 0.3 is 18.2 Å². The molecule has 1 aliphatic heterocycles. The van der Waals surface area contributed by atoms with E-state index < -0.39 is 29.6 Å². The number of rotatable bonds is 3. The van der Waals surface area contributed by atoms with Crippen LogP contribution in [0.25, 0.3) is 16.5 Å². The zero-order valence-electron chi connectivity index (χ0n) is 17.4. The predicted octanol–water partition coefficient (Wildman–Crippen LogP) is 5.32. The van der Waals surface area contributed by atoms with Gasteiger partial charge in [-0.3, -0.25) is 4.90 Å². The van der Waals surface area contributed by atoms with Crippen LogP contribution >= 0.6 is 0 Å². The van der Waals surface area contributed by atoms with E-state index in [1.807, 2.05) is 24.3 Å². The largest absolute Gasteiger partial charge is 0.462 e. The van der Waals surface area contributed by atoms with Crippen LogP contribution in [0.4, 0.5) is 28.0 Å². The van der Waals surface area contributed by atoms with Crippen molar-refractivity contribution in [3.8, 4) is 0 Å². The highest BCUT2D eigenvalue weighted by Gasteiger charge is 2.34. The van der Waals surface area contributed by atoms with Crippen molar-refractivity contribution >= 4 is 34.2 Å². The maximum Gasteiger partial charge on any atom is 0.419 e. The Morgan fingerprint density at radius 3 is 2.67 bits per heavy atom. The Bertz CT molecular complexity index is 1260. The van der Waals surface area contributed by atoms with Crippen LogP contribution in [0.1, 0.15) is 23.7 Å². The number of nitrogens with one attached hydrogen (secondary N) is 2. The molecule has 2 heterocycles. The minimum absolute atomic E-state index is 0.116. The van der Waals surface area contributed by atoms with E-state index in [4.69, 9.17) is 4.74 Å². The maximum absolute atomic E-state index is 13.6. The standard InChI is InChI=1S/C23H19F4N3O3/c1-2-33-21(31)16-12-30(10-9-15-14-5-3-4-6-19(14)29-20(15)16)22(32)28-13-7-8-18(24)17(11-13)23(25,26)27/h3-8,11-12,29H,2,9-10H2,1H3,(H,28,32). The topological polar surface area (TPSA) is 74.4 Å². The van der Waals surface area contributed by atoms with Gasteiger partial charge in [-0.25, -0.2) is 14.0 Å². The number of aromatic nitrogens is 1. The molecule has 172 valence electrons. The Morgan fingerprint density at radius 1 is 1.18 bits per heavy atom. The molecule has 0 radical (unpaired) electrons. The molecule has 0 fully saturated rings. The van der Waals surface area contributed by atoms with E-state index in [1.165, 1.54) is 11.1 Å². The van der Waals surface area contributed by atoms with Crippen molar-refractivity contribution in [2.45, 2.75) is 19.5 Å². The van der Waals surface area contributed by atoms with Crippen LogP contribution in [-0.2, 0) is 22.1 Å². The molecule has 0 unspecified atom stereocenters. The highest BCUT2D eigenvalue weighted by atomic mass is 19.4. The first kappa shape index (κ1) is 22.4. The smallest absolute Gasteiger partial charge is 0.419 e. The number of nitrogens with zero attached hydrogens (tertiary/aromatic N) is 1. The normalized spacial score (nSPS) is 13.8. The lowest BCUT2D eigenvalue weighted by Gasteiger charge is -2.19. The third-order valence-electron chi connectivity index (χ3n) is 5.25. The molecule has 0 aliphatic carbocycles. The molecule has 6 nitrogen and oxygen atoms in total. The van der Waals surface area contributed by atoms with Gasteiger partial charge in [0.1, 0.15) is 5.82 Å². The summed E-state index contributed by atoms with van der Waals surface area (Å²) in [4.78, 5) is 29.9. The lowest BCUT2D eigenvalue weighted by molar-refractivity contribution is -0.140. The number of alkyl halides is 3. The zero-order valence-corrected chi connectivity index (χ0v) is 17.4. The minimum atomic E-state index is -4.91. The SMILES string of the molecule is CCOC(=O)C1=CN(C(=O)Nc2ccc(F)c(C(F)(F)F)c2)CCc2c1[nH]c1ccccc21. The molecule has 0 atom stereocenters. The van der Waals surface area contributed by atoms with Crippen LogP contribution in [0, 0.1) is 5.82 Å². The summed E-state index contributed by atoms with van der Waals surface area (Å²) in [6, 6.07) is 8.88. The van der Waals surface area contributed by atoms with Crippen molar-refractivity contribution < 1.29 is 31.9 Å². The average molecular weight is 461 g/mol. The van der Waals surface area contributed by atoms with Gasteiger partial charge in [0, 0.05) is 29.3 Å². The Kier molecular flexibility index (Phi) is 5.84. The Morgan fingerprint density at radius 2 is 1.94 bits per heavy atom. The van der Waals surface area contributed by atoms with E-state index >= 15 is 0 Å². The summed E-state index contributed by atoms with van der Waals surface area (Å²) >= 11 is 0. The number of aromatic amines is 1. The van der Waals surface area contributed by atoms with Crippen molar-refractivity contribution in [2.75, 3.05) is 18.5 Å². The minimum Gasteiger partial charge on any atom is -0.462 e. The fourth-order valence-corrected chi connectivity index (χ4v) is 3.75. The second-order valence-electron chi connectivity index (χ2n) is 7.35. The van der Waals surface area contributed by atoms with E-state index in [9.17, 15) is 27.2 Å². The van der Waals surface area contributed by atoms with E-state index in [-0.39, 0.29) is 24.4 Å². The summed E-state index contributed by atoms with van der Waals surface area (Å²) in [5.74, 6) is -2.09. The molecular formula is C23H19F4N3O3. The molecule has 10 heteroatoms. The molecule has 0 saturated heterocycles. The number of hydrogen-bond acceptors (Lipinski definition) is 3. The maximum atomic E-state index is 13.6. The molecule has 1 aliphatic rings. The molecule has 3 aromatic rings. The van der Waals surface area contributed by atoms with Crippen molar-refractivity contribution in [3.05, 3.63) is 71.3 Å². The van der Waals surface area contributed by atoms with Crippen LogP contribution in [0.3, 0.4) is 0 Å². The second kappa shape index (κ2) is 8.61. The number of benzene rings is 2. The number of esters is 1. The quantitative estimate of drug-likeness (QED) is 0.410. The number of carbonyl (C=O) groups excluding carboxylic acids is 2. The summed E-state index contributed by atoms with van der Waals surface area (Å²) in [6.07, 6.45) is -3.22. The number of fused-ring (bicyclic) bond motifs is 3. The molecule has 2 amide bonds. The second-order valence-corrected chi connectivity index (χ2v) is 7.35. The van der Waals surface area contributed by atoms with Gasteiger partial charge in [0.2, 0.25) is 0 Å². The van der Waals surface area contributed by atoms with Crippen LogP contribution in [0.5, 0.6) is 0 Å². The lowest BCUT2D eigenvalue weighted by Crippen LogP contribution is -2.32. The van der Waals surface area contributed by atoms with E-state index in [0.717, 1.165) is 22.5 Å². The molecule has 2 aromatic carbocycles. The first-order chi connectivity index (χ1) is 15.7. The molecule has 0 spiro atoms. The summed E-state index contributed by atoms with van der Waals surface area (Å²) in [7, 11) is 0. The first-order valence-electron chi connectivity index (χ1n) is 10.1. The van der Waals surface area contributed by atoms with Crippen LogP contribution in [0.2, 0.25) is 0 Å². The Labute approximate surface area is 185 Å². The number of carbonyl (C=O) groups is 2. The van der Waals surface area contributed by atoms with Crippen molar-refractivity contribution in [2.24, 2.45) is 0 Å². The van der Waals surface area contributed by atoms with Gasteiger partial charge in [-0.05, 0) is 43.2 Å². The summed E-state index contributed by atoms with van der Waals surface area (Å²) in [6.45, 7) is 1.92. The van der Waals surface area contributed by atoms with Gasteiger partial charge in [-0.15, -0.1) is 0 Å². The lowest BCUT2D eigenvalue weighted by atomic mass is 10.0. The van der Waals surface area contributed by atoms with Crippen molar-refractivity contribution in [1.82, 2.24) is 9.88 Å². The summed E-state index contributed by atoms with van der Waals surface area (Å²) in [5, 5.41) is 3.23. The van der Waals surface area contributed by atoms with Gasteiger partial charge in [0.25, 0.3) is 0 Å². The molecule has 0 bridgehead atoms. The van der Waals surface area contributed by atoms with Crippen molar-refractivity contribution in [1.29, 1.82) is 0 Å². The molecule has 2 N–H and O–H groups in total. The third kappa shape index (κ3) is 4.41. The zero-order chi connectivity index (χ0) is 23.8. The highest BCUT2D eigenvalue weighted by molar-refractivity contribution is 6.18. The molecule has 0 saturated carbocycles. The number of anilines is 1. The van der Waals surface area contributed by atoms with Gasteiger partial charge in [-0.1, -0.05) is 18.2 Å². The van der Waals surface area contributed by atoms with Gasteiger partial charge in [-0.2, -0.15) is 13.2 Å². The number of H-pyrrole nitrogens is 1. The van der Waals surface area contributed by atoms with E-state index in [0.29, 0.717) is 24.2 Å². The van der Waals surface area contributed by atoms with Gasteiger partial charge < -0.3 is 15.0 Å². The fourth-order valence-electron chi connectivity index (χ4n) is 3.75. The Balaban J connectivity index is 1.67. The predicted molar refractivity (Wildman–Crippen MR) is 114 cm³/mol. The van der Waals surface area contributed by atoms with E-state index in [2.05, 4.69) is 10.3 Å². The van der Waals surface area contributed by atoms with Crippen LogP contribution < -0.4 is 5.32 Å². The number of amides is 2. The molecule has 1 aromatic heterocycles. The number of halogens is 4. The van der Waals surface area contributed by atoms with Crippen LogP contribution in [0.15, 0.2) is 48.7 Å². The fraction of sp³-hybridized carbons (Fsp3) is 0.217. The van der Waals surface area contributed by atoms with Crippen LogP contribution in [-0.4, -0.2) is 35.0 Å². The number of hydrogen-bond donors (Lipinski definition) is 2. The average Bonchev–Trinajstić information content (AvgIpc) is 3.01. The van der Waals surface area contributed by atoms with Gasteiger partial charge in [0.15, 0.2) is 0 Å². The molecule has 33 heavy (non-hydrogen) atoms. The number of urea groups is 1. The molecule has 4 rings (SSSR count). The summed E-state index contributed by atoms with van der Waals surface area (Å²) < 4.78 is 57.7. The monoisotopic (exact) mass is 461 g/mol. The number of para-hydroxylation sites is 1. The highest BCUT2D eigenvalue weighted by Crippen LogP contribution is 2.34. The Hall–Kier alpha value is -3.82. The van der Waals surface area contributed by atoms with Gasteiger partial charge in [0.05, 0.1) is 23.4 Å². The number of ether oxygens (including phenoxy) is 1. The van der Waals surface area contributed by atoms with E-state index in [1.54, 1.807) is 6.92 Å².